The second kappa shape index (κ2) is 13.1. The molecule has 1 aromatic rings. The molecule has 10 N–H and O–H groups in total. The lowest BCUT2D eigenvalue weighted by Gasteiger charge is -2.24. The predicted molar refractivity (Wildman–Crippen MR) is 114 cm³/mol. The molecule has 0 spiro atoms. The number of nitrogens with zero attached hydrogens (tertiary/aromatic N) is 1. The van der Waals surface area contributed by atoms with Crippen LogP contribution < -0.4 is 27.4 Å². The fraction of sp³-hybridized carbons (Fsp3) is 0.579. The van der Waals surface area contributed by atoms with Crippen molar-refractivity contribution in [2.24, 2.45) is 17.4 Å². The van der Waals surface area contributed by atoms with E-state index in [1.54, 1.807) is 13.8 Å². The van der Waals surface area contributed by atoms with E-state index in [0.717, 1.165) is 0 Å². The summed E-state index contributed by atoms with van der Waals surface area (Å²) in [5, 5.41) is 25.8. The van der Waals surface area contributed by atoms with Gasteiger partial charge in [0.2, 0.25) is 23.6 Å². The maximum Gasteiger partial charge on any atom is 0.326 e. The Kier molecular flexibility index (Phi) is 10.9. The van der Waals surface area contributed by atoms with Gasteiger partial charge in [-0.25, -0.2) is 9.78 Å². The van der Waals surface area contributed by atoms with Crippen LogP contribution in [0.5, 0.6) is 0 Å². The monoisotopic (exact) mass is 469 g/mol. The fourth-order valence-corrected chi connectivity index (χ4v) is 2.68. The number of carboxylic acid groups (broad SMARTS) is 1. The van der Waals surface area contributed by atoms with E-state index in [1.165, 1.54) is 12.5 Å². The first-order valence-corrected chi connectivity index (χ1v) is 10.2. The lowest BCUT2D eigenvalue weighted by Crippen LogP contribution is -2.58. The van der Waals surface area contributed by atoms with Crippen molar-refractivity contribution in [1.82, 2.24) is 25.9 Å². The van der Waals surface area contributed by atoms with Crippen molar-refractivity contribution in [1.29, 1.82) is 0 Å². The molecule has 0 aliphatic rings. The maximum atomic E-state index is 12.7. The first-order chi connectivity index (χ1) is 15.5. The summed E-state index contributed by atoms with van der Waals surface area (Å²) in [5.41, 5.74) is 11.3. The molecule has 0 bridgehead atoms. The van der Waals surface area contributed by atoms with E-state index in [1.807, 2.05) is 0 Å². The van der Waals surface area contributed by atoms with Gasteiger partial charge in [0.1, 0.15) is 18.1 Å². The van der Waals surface area contributed by atoms with Gasteiger partial charge < -0.3 is 42.6 Å². The molecule has 0 radical (unpaired) electrons. The number of aromatic amines is 1. The van der Waals surface area contributed by atoms with Gasteiger partial charge in [-0.3, -0.25) is 19.2 Å². The summed E-state index contributed by atoms with van der Waals surface area (Å²) >= 11 is 0. The van der Waals surface area contributed by atoms with Gasteiger partial charge in [-0.05, 0) is 12.3 Å². The number of H-pyrrole nitrogens is 1. The highest BCUT2D eigenvalue weighted by atomic mass is 16.4. The van der Waals surface area contributed by atoms with Gasteiger partial charge in [-0.1, -0.05) is 13.8 Å². The number of nitrogens with two attached hydrogens (primary N) is 2. The van der Waals surface area contributed by atoms with Gasteiger partial charge in [0.05, 0.1) is 19.0 Å². The molecule has 184 valence electrons. The fourth-order valence-electron chi connectivity index (χ4n) is 2.68. The van der Waals surface area contributed by atoms with Crippen LogP contribution in [0.15, 0.2) is 12.5 Å². The summed E-state index contributed by atoms with van der Waals surface area (Å²) in [4.78, 5) is 66.7. The van der Waals surface area contributed by atoms with Crippen LogP contribution in [0.4, 0.5) is 0 Å². The zero-order valence-corrected chi connectivity index (χ0v) is 18.4. The molecule has 0 aliphatic heterocycles. The van der Waals surface area contributed by atoms with Gasteiger partial charge in [-0.15, -0.1) is 0 Å². The molecule has 1 heterocycles. The number of nitrogens with one attached hydrogen (secondary N) is 4. The molecule has 0 saturated heterocycles. The van der Waals surface area contributed by atoms with Crippen LogP contribution >= 0.6 is 0 Å². The van der Waals surface area contributed by atoms with Crippen molar-refractivity contribution in [3.8, 4) is 0 Å². The number of carbonyl (C=O) groups excluding carboxylic acids is 4. The second-order valence-electron chi connectivity index (χ2n) is 7.76. The number of amides is 4. The zero-order valence-electron chi connectivity index (χ0n) is 18.4. The second-order valence-corrected chi connectivity index (χ2v) is 7.76. The quantitative estimate of drug-likeness (QED) is 0.136. The minimum absolute atomic E-state index is 0.111. The summed E-state index contributed by atoms with van der Waals surface area (Å²) < 4.78 is 0. The predicted octanol–water partition coefficient (Wildman–Crippen LogP) is -3.27. The number of rotatable bonds is 14. The number of aliphatic carboxylic acids is 1. The Bertz CT molecular complexity index is 828. The summed E-state index contributed by atoms with van der Waals surface area (Å²) in [6.45, 7) is 2.61. The first kappa shape index (κ1) is 27.5. The number of imidazole rings is 1. The molecule has 4 atom stereocenters. The third-order valence-electron chi connectivity index (χ3n) is 4.74. The highest BCUT2D eigenvalue weighted by Gasteiger charge is 2.30. The van der Waals surface area contributed by atoms with E-state index < -0.39 is 60.4 Å². The molecule has 0 aromatic carbocycles. The van der Waals surface area contributed by atoms with Crippen LogP contribution in [0.1, 0.15) is 32.4 Å². The topological polar surface area (TPSA) is 243 Å². The smallest absolute Gasteiger partial charge is 0.326 e. The van der Waals surface area contributed by atoms with Crippen LogP contribution in [0.3, 0.4) is 0 Å². The number of aliphatic hydroxyl groups excluding tert-OH is 1. The molecule has 0 fully saturated rings. The molecule has 33 heavy (non-hydrogen) atoms. The van der Waals surface area contributed by atoms with E-state index in [4.69, 9.17) is 11.5 Å². The number of aliphatic hydroxyl groups is 1. The minimum atomic E-state index is -1.42. The van der Waals surface area contributed by atoms with Crippen molar-refractivity contribution in [2.45, 2.75) is 57.3 Å². The van der Waals surface area contributed by atoms with Crippen LogP contribution in [-0.4, -0.2) is 80.6 Å². The highest BCUT2D eigenvalue weighted by Crippen LogP contribution is 2.04. The van der Waals surface area contributed by atoms with E-state index in [9.17, 15) is 34.2 Å². The number of carboxylic acids is 1. The van der Waals surface area contributed by atoms with Crippen molar-refractivity contribution >= 4 is 29.6 Å². The Hall–Kier alpha value is -3.52. The molecule has 0 saturated carbocycles. The largest absolute Gasteiger partial charge is 0.480 e. The van der Waals surface area contributed by atoms with Crippen LogP contribution in [0, 0.1) is 5.92 Å². The number of primary amides is 1. The Labute approximate surface area is 189 Å². The highest BCUT2D eigenvalue weighted by molar-refractivity contribution is 5.94. The molecule has 4 unspecified atom stereocenters. The van der Waals surface area contributed by atoms with Crippen molar-refractivity contribution in [3.05, 3.63) is 18.2 Å². The molecule has 14 heteroatoms. The third-order valence-corrected chi connectivity index (χ3v) is 4.74. The zero-order chi connectivity index (χ0) is 25.1. The Morgan fingerprint density at radius 2 is 1.61 bits per heavy atom. The first-order valence-electron chi connectivity index (χ1n) is 10.2. The van der Waals surface area contributed by atoms with Gasteiger partial charge in [-0.2, -0.15) is 0 Å². The molecule has 1 aromatic heterocycles. The number of hydrogen-bond acceptors (Lipinski definition) is 8. The SMILES string of the molecule is CC(C)C(N)C(=O)NC(CO)C(=O)NC(CCC(N)=O)C(=O)NC(Cc1cnc[nH]1)C(=O)O. The molecular weight excluding hydrogens is 438 g/mol. The molecule has 1 rings (SSSR count). The number of hydrogen-bond donors (Lipinski definition) is 8. The van der Waals surface area contributed by atoms with Gasteiger partial charge in [0, 0.05) is 24.7 Å². The lowest BCUT2D eigenvalue weighted by molar-refractivity contribution is -0.142. The molecule has 4 amide bonds. The maximum absolute atomic E-state index is 12.7. The molecule has 14 nitrogen and oxygen atoms in total. The standard InChI is InChI=1S/C19H31N7O7/c1-9(2)15(21)18(31)26-13(7-27)17(30)24-11(3-4-14(20)28)16(29)25-12(19(32)33)5-10-6-22-8-23-10/h6,8-9,11-13,15,27H,3-5,7,21H2,1-2H3,(H2,20,28)(H,22,23)(H,24,30)(H,25,29)(H,26,31)(H,32,33). The summed E-state index contributed by atoms with van der Waals surface area (Å²) in [5.74, 6) is -4.80. The van der Waals surface area contributed by atoms with E-state index >= 15 is 0 Å². The van der Waals surface area contributed by atoms with E-state index in [2.05, 4.69) is 25.9 Å². The Balaban J connectivity index is 2.92. The van der Waals surface area contributed by atoms with Crippen LogP contribution in [-0.2, 0) is 30.4 Å². The van der Waals surface area contributed by atoms with E-state index in [0.29, 0.717) is 5.69 Å². The normalized spacial score (nSPS) is 14.6. The number of carbonyl (C=O) groups is 5. The van der Waals surface area contributed by atoms with Gasteiger partial charge in [0.25, 0.3) is 0 Å². The summed E-state index contributed by atoms with van der Waals surface area (Å²) in [7, 11) is 0. The van der Waals surface area contributed by atoms with Gasteiger partial charge in [0.15, 0.2) is 0 Å². The third kappa shape index (κ3) is 9.24. The van der Waals surface area contributed by atoms with Crippen LogP contribution in [0.2, 0.25) is 0 Å². The average molecular weight is 469 g/mol. The van der Waals surface area contributed by atoms with Crippen LogP contribution in [0.25, 0.3) is 0 Å². The summed E-state index contributed by atoms with van der Waals surface area (Å²) in [6.07, 6.45) is 2.11. The van der Waals surface area contributed by atoms with Gasteiger partial charge >= 0.3 is 5.97 Å². The Morgan fingerprint density at radius 1 is 1.03 bits per heavy atom. The van der Waals surface area contributed by atoms with Crippen molar-refractivity contribution in [3.63, 3.8) is 0 Å². The van der Waals surface area contributed by atoms with E-state index in [-0.39, 0.29) is 25.2 Å². The van der Waals surface area contributed by atoms with Crippen molar-refractivity contribution in [2.75, 3.05) is 6.61 Å². The molecule has 0 aliphatic carbocycles. The minimum Gasteiger partial charge on any atom is -0.480 e. The average Bonchev–Trinajstić information content (AvgIpc) is 3.26. The molecular formula is C19H31N7O7. The lowest BCUT2D eigenvalue weighted by atomic mass is 10.0. The number of aromatic nitrogens is 2. The Morgan fingerprint density at radius 3 is 2.09 bits per heavy atom. The van der Waals surface area contributed by atoms with Crippen molar-refractivity contribution < 1.29 is 34.2 Å². The summed E-state index contributed by atoms with van der Waals surface area (Å²) in [6, 6.07) is -5.08.